The van der Waals surface area contributed by atoms with Gasteiger partial charge < -0.3 is 32.7 Å². The quantitative estimate of drug-likeness (QED) is 0.0898. The Morgan fingerprint density at radius 2 is 0.709 bits per heavy atom. The molecule has 0 spiro atoms. The molecule has 0 aromatic carbocycles. The average Bonchev–Trinajstić information content (AvgIpc) is 3.14. The number of hydrogen-bond donors (Lipinski definition) is 2. The van der Waals surface area contributed by atoms with Gasteiger partial charge >= 0.3 is 132 Å². The predicted molar refractivity (Wildman–Crippen MR) is 323 cm³/mol. The van der Waals surface area contributed by atoms with Crippen LogP contribution < -0.4 is 138 Å². The van der Waals surface area contributed by atoms with E-state index in [9.17, 15) is 0 Å². The number of halogens is 2. The fourth-order valence-electron chi connectivity index (χ4n) is 0.170. The molecule has 44 heteroatoms. The zero-order valence-corrected chi connectivity index (χ0v) is 66.1. The summed E-state index contributed by atoms with van der Waals surface area (Å²) in [5.74, 6) is 0. The summed E-state index contributed by atoms with van der Waals surface area (Å²) in [6.45, 7) is 8.01. The Balaban J connectivity index is -0.0000000213. The van der Waals surface area contributed by atoms with Crippen molar-refractivity contribution in [3.63, 3.8) is 0 Å². The van der Waals surface area contributed by atoms with Crippen LogP contribution in [0.5, 0.6) is 0 Å². The molecule has 0 atom stereocenters. The Morgan fingerprint density at radius 3 is 0.764 bits per heavy atom. The fourth-order valence-corrected chi connectivity index (χ4v) is 41.3. The molecule has 2 N–H and O–H groups in total. The number of carbonyl (C=O) groups is 2. The van der Waals surface area contributed by atoms with Crippen LogP contribution in [-0.2, 0) is 313 Å². The van der Waals surface area contributed by atoms with E-state index < -0.39 is 0 Å². The molecule has 0 heterocycles. The third-order valence-electron chi connectivity index (χ3n) is 0.856. The second-order valence-electron chi connectivity index (χ2n) is 3.15. The summed E-state index contributed by atoms with van der Waals surface area (Å²) in [6, 6.07) is 0. The summed E-state index contributed by atoms with van der Waals surface area (Å²) in [6.07, 6.45) is 0.750. The van der Waals surface area contributed by atoms with Crippen LogP contribution in [0.3, 0.4) is 0 Å². The van der Waals surface area contributed by atoms with Crippen LogP contribution in [0.25, 0.3) is 0 Å². The SMILES string of the molecule is Br.CC=O.CCBr.CCO.CCOC.CO.O=CO[O-].S=S=S=S.S=S=S=S=S=S=S=S.S=S=S=S=S=S=S=S=S.S=S=S=S=S=S=S=S=S=S.[B].[H-].[H-].[K+].[K+].[Na+]. The summed E-state index contributed by atoms with van der Waals surface area (Å²) >= 11 is 39.6. The molecule has 0 saturated carbocycles. The van der Waals surface area contributed by atoms with Gasteiger partial charge in [0, 0.05) is 335 Å². The zero-order chi connectivity index (χ0) is 41.2. The number of ether oxygens (including phenoxy) is 1. The van der Waals surface area contributed by atoms with Crippen LogP contribution in [0, 0.1) is 0 Å². The van der Waals surface area contributed by atoms with Crippen molar-refractivity contribution in [2.45, 2.75) is 27.7 Å². The van der Waals surface area contributed by atoms with Gasteiger partial charge in [-0.2, -0.15) is 0 Å². The van der Waals surface area contributed by atoms with E-state index in [1.165, 1.54) is 78.0 Å². The molecule has 0 rings (SSSR count). The smallest absolute Gasteiger partial charge is 1.00 e. The molecule has 0 aromatic heterocycles. The second kappa shape index (κ2) is 158. The first-order valence-electron chi connectivity index (χ1n) is 9.80. The van der Waals surface area contributed by atoms with Crippen LogP contribution in [0.1, 0.15) is 30.5 Å². The van der Waals surface area contributed by atoms with Gasteiger partial charge in [-0.25, -0.2) is 0 Å². The molecule has 0 fully saturated rings. The summed E-state index contributed by atoms with van der Waals surface area (Å²) in [4.78, 5) is 20.1. The molecule has 3 radical (unpaired) electrons. The first-order chi connectivity index (χ1) is 24.2. The molecule has 0 aromatic rings. The normalized spacial score (nSPS) is 5.56. The molecule has 0 bridgehead atoms. The van der Waals surface area contributed by atoms with Gasteiger partial charge in [0.05, 0.1) is 0 Å². The van der Waals surface area contributed by atoms with Crippen molar-refractivity contribution in [2.75, 3.05) is 32.8 Å². The Labute approximate surface area is 563 Å². The second-order valence-corrected chi connectivity index (χ2v) is 45.0. The molecule has 0 aliphatic rings. The van der Waals surface area contributed by atoms with Crippen LogP contribution in [0.15, 0.2) is 0 Å². The minimum Gasteiger partial charge on any atom is -1.00 e. The van der Waals surface area contributed by atoms with Crippen molar-refractivity contribution in [3.05, 3.63) is 0 Å². The first kappa shape index (κ1) is 107. The van der Waals surface area contributed by atoms with Gasteiger partial charge in [0.2, 0.25) is 0 Å². The number of carbonyl (C=O) groups excluding carboxylic acids is 2. The molecule has 0 aliphatic heterocycles. The number of hydrogen-bond acceptors (Lipinski definition) is 15. The van der Waals surface area contributed by atoms with E-state index in [4.69, 9.17) is 25.1 Å². The van der Waals surface area contributed by atoms with Crippen molar-refractivity contribution in [3.8, 4) is 0 Å². The van der Waals surface area contributed by atoms with Gasteiger partial charge in [-0.3, -0.25) is 4.79 Å². The van der Waals surface area contributed by atoms with E-state index in [2.05, 4.69) is 115 Å². The molecular formula is C11H31BBr2K2NaO7S31. The van der Waals surface area contributed by atoms with E-state index in [0.29, 0.717) is 0 Å². The van der Waals surface area contributed by atoms with Gasteiger partial charge in [0.25, 0.3) is 6.47 Å². The van der Waals surface area contributed by atoms with E-state index >= 15 is 0 Å². The van der Waals surface area contributed by atoms with Crippen molar-refractivity contribution in [2.24, 2.45) is 0 Å². The summed E-state index contributed by atoms with van der Waals surface area (Å²) < 4.78 is 4.54. The number of aldehydes is 1. The molecule has 0 saturated heterocycles. The molecule has 323 valence electrons. The number of rotatable bonds is 2. The Hall–Kier alpha value is 11.1. The predicted octanol–water partition coefficient (Wildman–Crippen LogP) is -8.34. The third kappa shape index (κ3) is 252. The number of methoxy groups -OCH3 is 1. The standard InChI is InChI=1S/C3H8O.C2H5Br.C2H6O.C2H4O.CH2O3.CH4O.B.BrH.2K.Na.S10.S9.S8.S4.2H/c1-3-4-2;3*1-2-3;2-1-4-3;1-2;;;;;;1-3-5-7-9-10-8-6-4-2;1-3-5-7-9-8-6-4-2;1-3-5-7-8-6-4-2;1-3-4-2;;/h3H2,1-2H3;2H2,1H3;3H,2H2,1H3;2H,1H3;1,3H;2H,1H3;;1H;;;;;;;;;/q;;;;;;;;3*+1;;;;;2*-1/p-1. The van der Waals surface area contributed by atoms with Gasteiger partial charge in [-0.05, 0) is 20.8 Å². The summed E-state index contributed by atoms with van der Waals surface area (Å²) in [7, 11) is 37.7. The van der Waals surface area contributed by atoms with Gasteiger partial charge in [0.15, 0.2) is 0 Å². The van der Waals surface area contributed by atoms with Crippen LogP contribution in [-0.4, -0.2) is 64.1 Å². The van der Waals surface area contributed by atoms with Crippen LogP contribution >= 0.6 is 32.9 Å². The topological polar surface area (TPSA) is 116 Å². The van der Waals surface area contributed by atoms with Crippen molar-refractivity contribution in [1.82, 2.24) is 0 Å². The first-order valence-corrected chi connectivity index (χ1v) is 46.9. The Kier molecular flexibility index (Phi) is 309. The number of aliphatic hydroxyl groups excluding tert-OH is 2. The summed E-state index contributed by atoms with van der Waals surface area (Å²) in [5.41, 5.74) is 0. The van der Waals surface area contributed by atoms with E-state index in [1.807, 2.05) is 13.8 Å². The molecule has 55 heavy (non-hydrogen) atoms. The van der Waals surface area contributed by atoms with Crippen molar-refractivity contribution < 1.29 is 170 Å². The Bertz CT molecular complexity index is 1640. The van der Waals surface area contributed by atoms with Gasteiger partial charge in [-0.15, -0.1) is 17.0 Å². The molecule has 7 nitrogen and oxygen atoms in total. The van der Waals surface area contributed by atoms with Gasteiger partial charge in [0.1, 0.15) is 6.29 Å². The maximum absolute atomic E-state index is 8.81. The van der Waals surface area contributed by atoms with Crippen molar-refractivity contribution >= 4 is 348 Å². The van der Waals surface area contributed by atoms with E-state index in [-0.39, 0.29) is 174 Å². The number of alkyl halides is 1. The monoisotopic (exact) mass is 1540 g/mol. The fraction of sp³-hybridized carbons (Fsp3) is 0.818. The van der Waals surface area contributed by atoms with Gasteiger partial charge in [-0.1, -0.05) is 22.9 Å². The number of aliphatic hydroxyl groups is 2. The molecular weight excluding hydrogens is 1510 g/mol. The van der Waals surface area contributed by atoms with Crippen molar-refractivity contribution in [1.29, 1.82) is 0 Å². The summed E-state index contributed by atoms with van der Waals surface area (Å²) in [5, 5.41) is 24.1. The maximum atomic E-state index is 8.81. The van der Waals surface area contributed by atoms with Crippen LogP contribution in [0.2, 0.25) is 0 Å². The maximum Gasteiger partial charge on any atom is 1.00 e. The van der Waals surface area contributed by atoms with Crippen LogP contribution in [0.4, 0.5) is 0 Å². The molecule has 0 aliphatic carbocycles. The minimum absolute atomic E-state index is 0. The van der Waals surface area contributed by atoms with E-state index in [1.54, 1.807) is 147 Å². The third-order valence-corrected chi connectivity index (χ3v) is 43.1. The largest absolute Gasteiger partial charge is 1.00 e. The molecule has 0 amide bonds. The minimum atomic E-state index is -0.181. The molecule has 0 unspecified atom stereocenters. The zero-order valence-electron chi connectivity index (χ0n) is 31.2. The van der Waals surface area contributed by atoms with E-state index in [0.717, 1.165) is 25.3 Å². The average molecular weight is 1540 g/mol. The Morgan fingerprint density at radius 1 is 0.600 bits per heavy atom.